The molecule has 0 aliphatic rings. The van der Waals surface area contributed by atoms with Gasteiger partial charge < -0.3 is 14.9 Å². The monoisotopic (exact) mass is 364 g/mol. The molecule has 2 aromatic rings. The predicted molar refractivity (Wildman–Crippen MR) is 84.1 cm³/mol. The summed E-state index contributed by atoms with van der Waals surface area (Å²) in [6, 6.07) is 10.2. The third-order valence-electron chi connectivity index (χ3n) is 2.90. The molecule has 114 valence electrons. The van der Waals surface area contributed by atoms with Gasteiger partial charge in [0.1, 0.15) is 6.20 Å². The van der Waals surface area contributed by atoms with Crippen molar-refractivity contribution in [1.82, 2.24) is 4.98 Å². The maximum absolute atomic E-state index is 12.0. The number of aromatic nitrogens is 1. The average molecular weight is 365 g/mol. The van der Waals surface area contributed by atoms with Gasteiger partial charge in [-0.25, -0.2) is 0 Å². The van der Waals surface area contributed by atoms with Gasteiger partial charge in [-0.2, -0.15) is 0 Å². The van der Waals surface area contributed by atoms with Crippen LogP contribution in [0.2, 0.25) is 0 Å². The van der Waals surface area contributed by atoms with E-state index in [4.69, 9.17) is 4.74 Å². The molecule has 0 radical (unpaired) electrons. The normalized spacial score (nSPS) is 10.2. The molecule has 0 saturated heterocycles. The third-order valence-corrected chi connectivity index (χ3v) is 3.42. The van der Waals surface area contributed by atoms with Crippen LogP contribution in [0, 0.1) is 10.1 Å². The molecule has 0 amide bonds. The van der Waals surface area contributed by atoms with E-state index in [2.05, 4.69) is 20.9 Å². The van der Waals surface area contributed by atoms with Crippen molar-refractivity contribution in [2.45, 2.75) is 12.8 Å². The summed E-state index contributed by atoms with van der Waals surface area (Å²) in [5.74, 6) is -0.192. The van der Waals surface area contributed by atoms with E-state index in [-0.39, 0.29) is 24.0 Å². The van der Waals surface area contributed by atoms with Crippen LogP contribution in [0.1, 0.15) is 23.2 Å². The molecule has 0 N–H and O–H groups in total. The van der Waals surface area contributed by atoms with Gasteiger partial charge in [-0.1, -0.05) is 28.1 Å². The number of rotatable bonds is 7. The number of halogens is 1. The highest BCUT2D eigenvalue weighted by atomic mass is 79.9. The summed E-state index contributed by atoms with van der Waals surface area (Å²) in [5, 5.41) is 10.8. The Labute approximate surface area is 135 Å². The summed E-state index contributed by atoms with van der Waals surface area (Å²) in [5.41, 5.74) is 0.635. The summed E-state index contributed by atoms with van der Waals surface area (Å²) in [7, 11) is 0. The van der Waals surface area contributed by atoms with Gasteiger partial charge in [0.05, 0.1) is 6.61 Å². The molecule has 2 rings (SSSR count). The van der Waals surface area contributed by atoms with Gasteiger partial charge in [0, 0.05) is 16.5 Å². The lowest BCUT2D eigenvalue weighted by Gasteiger charge is -2.06. The molecule has 0 bridgehead atoms. The summed E-state index contributed by atoms with van der Waals surface area (Å²) in [6.45, 7) is 0.217. The molecule has 6 nitrogen and oxygen atoms in total. The van der Waals surface area contributed by atoms with Crippen LogP contribution in [0.25, 0.3) is 0 Å². The molecule has 7 heteroatoms. The smallest absolute Gasteiger partial charge is 0.406 e. The number of hydrogen-bond donors (Lipinski definition) is 0. The molecular weight excluding hydrogens is 352 g/mol. The second kappa shape index (κ2) is 7.65. The second-order valence-electron chi connectivity index (χ2n) is 4.46. The fourth-order valence-electron chi connectivity index (χ4n) is 1.83. The van der Waals surface area contributed by atoms with E-state index in [9.17, 15) is 14.9 Å². The Balaban J connectivity index is 1.83. The Morgan fingerprint density at radius 3 is 2.68 bits per heavy atom. The van der Waals surface area contributed by atoms with E-state index in [1.807, 2.05) is 12.1 Å². The number of Topliss-reactive ketones (excluding diaryl/α,β-unsaturated/α-hetero) is 1. The number of nitrogens with zero attached hydrogens (tertiary/aromatic N) is 2. The molecule has 0 aliphatic heterocycles. The predicted octanol–water partition coefficient (Wildman–Crippen LogP) is 3.79. The lowest BCUT2D eigenvalue weighted by Crippen LogP contribution is -2.05. The summed E-state index contributed by atoms with van der Waals surface area (Å²) >= 11 is 3.31. The molecule has 22 heavy (non-hydrogen) atoms. The number of nitro groups is 1. The van der Waals surface area contributed by atoms with E-state index in [0.29, 0.717) is 18.4 Å². The summed E-state index contributed by atoms with van der Waals surface area (Å²) < 4.78 is 6.25. The molecule has 0 saturated carbocycles. The lowest BCUT2D eigenvalue weighted by molar-refractivity contribution is -0.390. The fourth-order valence-corrected chi connectivity index (χ4v) is 2.09. The molecule has 1 heterocycles. The van der Waals surface area contributed by atoms with E-state index >= 15 is 0 Å². The third kappa shape index (κ3) is 4.36. The number of hydrogen-bond acceptors (Lipinski definition) is 5. The molecule has 1 aromatic carbocycles. The minimum absolute atomic E-state index is 0.0109. The van der Waals surface area contributed by atoms with E-state index in [1.165, 1.54) is 12.3 Å². The van der Waals surface area contributed by atoms with Crippen molar-refractivity contribution < 1.29 is 14.5 Å². The Bertz CT molecular complexity index is 673. The first-order chi connectivity index (χ1) is 10.6. The van der Waals surface area contributed by atoms with Crippen LogP contribution in [-0.2, 0) is 0 Å². The van der Waals surface area contributed by atoms with E-state index in [1.54, 1.807) is 18.2 Å². The van der Waals surface area contributed by atoms with Crippen LogP contribution in [0.4, 0.5) is 5.82 Å². The van der Waals surface area contributed by atoms with Gasteiger partial charge in [-0.05, 0) is 40.6 Å². The van der Waals surface area contributed by atoms with Crippen LogP contribution in [0.15, 0.2) is 47.1 Å². The number of pyridine rings is 1. The van der Waals surface area contributed by atoms with Gasteiger partial charge in [-0.3, -0.25) is 4.79 Å². The zero-order chi connectivity index (χ0) is 15.9. The molecule has 0 unspecified atom stereocenters. The molecule has 0 atom stereocenters. The highest BCUT2D eigenvalue weighted by Crippen LogP contribution is 2.23. The van der Waals surface area contributed by atoms with Gasteiger partial charge >= 0.3 is 5.82 Å². The van der Waals surface area contributed by atoms with Crippen molar-refractivity contribution in [3.63, 3.8) is 0 Å². The van der Waals surface area contributed by atoms with Crippen LogP contribution in [0.3, 0.4) is 0 Å². The van der Waals surface area contributed by atoms with Crippen LogP contribution in [-0.4, -0.2) is 22.3 Å². The number of ether oxygens (including phenoxy) is 1. The van der Waals surface area contributed by atoms with Crippen molar-refractivity contribution in [3.8, 4) is 5.75 Å². The number of carbonyl (C=O) groups excluding carboxylic acids is 1. The van der Waals surface area contributed by atoms with Crippen molar-refractivity contribution in [3.05, 3.63) is 62.7 Å². The van der Waals surface area contributed by atoms with Gasteiger partial charge in [0.2, 0.25) is 5.75 Å². The maximum Gasteiger partial charge on any atom is 0.406 e. The first-order valence-corrected chi connectivity index (χ1v) is 7.38. The fraction of sp³-hybridized carbons (Fsp3) is 0.200. The zero-order valence-electron chi connectivity index (χ0n) is 11.6. The summed E-state index contributed by atoms with van der Waals surface area (Å²) in [4.78, 5) is 25.8. The largest absolute Gasteiger partial charge is 0.486 e. The quantitative estimate of drug-likeness (QED) is 0.323. The van der Waals surface area contributed by atoms with Crippen LogP contribution in [0.5, 0.6) is 5.75 Å². The van der Waals surface area contributed by atoms with Gasteiger partial charge in [-0.15, -0.1) is 0 Å². The van der Waals surface area contributed by atoms with Crippen LogP contribution >= 0.6 is 15.9 Å². The summed E-state index contributed by atoms with van der Waals surface area (Å²) in [6.07, 6.45) is 2.12. The van der Waals surface area contributed by atoms with E-state index in [0.717, 1.165) is 4.47 Å². The Morgan fingerprint density at radius 1 is 1.27 bits per heavy atom. The average Bonchev–Trinajstić information content (AvgIpc) is 2.52. The zero-order valence-corrected chi connectivity index (χ0v) is 13.2. The highest BCUT2D eigenvalue weighted by Gasteiger charge is 2.15. The number of benzene rings is 1. The van der Waals surface area contributed by atoms with Crippen LogP contribution < -0.4 is 4.74 Å². The van der Waals surface area contributed by atoms with Crippen molar-refractivity contribution in [1.29, 1.82) is 0 Å². The van der Waals surface area contributed by atoms with Gasteiger partial charge in [0.15, 0.2) is 5.78 Å². The minimum Gasteiger partial charge on any atom is -0.486 e. The molecule has 0 aliphatic carbocycles. The topological polar surface area (TPSA) is 82.3 Å². The molecular formula is C15H13BrN2O4. The van der Waals surface area contributed by atoms with Gasteiger partial charge in [0.25, 0.3) is 0 Å². The molecule has 0 spiro atoms. The highest BCUT2D eigenvalue weighted by molar-refractivity contribution is 9.10. The van der Waals surface area contributed by atoms with Crippen molar-refractivity contribution in [2.75, 3.05) is 6.61 Å². The maximum atomic E-state index is 12.0. The Hall–Kier alpha value is -2.28. The molecule has 0 fully saturated rings. The standard InChI is InChI=1S/C15H13BrN2O4/c16-12-7-5-11(6-8-12)13(19)3-2-10-22-14-4-1-9-17-15(14)18(20)21/h1,4-9H,2-3,10H2. The first kappa shape index (κ1) is 16.1. The SMILES string of the molecule is O=C(CCCOc1cccnc1[N+](=O)[O-])c1ccc(Br)cc1. The minimum atomic E-state index is -0.595. The lowest BCUT2D eigenvalue weighted by atomic mass is 10.1. The molecule has 1 aromatic heterocycles. The first-order valence-electron chi connectivity index (χ1n) is 6.59. The number of carbonyl (C=O) groups is 1. The van der Waals surface area contributed by atoms with E-state index < -0.39 is 4.92 Å². The van der Waals surface area contributed by atoms with Crippen molar-refractivity contribution in [2.24, 2.45) is 0 Å². The number of ketones is 1. The van der Waals surface area contributed by atoms with Crippen molar-refractivity contribution >= 4 is 27.5 Å². The Kier molecular flexibility index (Phi) is 5.60. The second-order valence-corrected chi connectivity index (χ2v) is 5.38. The Morgan fingerprint density at radius 2 is 2.00 bits per heavy atom.